The summed E-state index contributed by atoms with van der Waals surface area (Å²) in [5.41, 5.74) is 0.00836. The molecule has 1 aromatic rings. The zero-order valence-corrected chi connectivity index (χ0v) is 11.9. The van der Waals surface area contributed by atoms with Crippen LogP contribution in [0.25, 0.3) is 0 Å². The molecule has 2 aliphatic rings. The summed E-state index contributed by atoms with van der Waals surface area (Å²) < 4.78 is 1.82. The highest BCUT2D eigenvalue weighted by molar-refractivity contribution is 5.37. The van der Waals surface area contributed by atoms with Crippen LogP contribution in [0.5, 0.6) is 0 Å². The van der Waals surface area contributed by atoms with Gasteiger partial charge < -0.3 is 14.6 Å². The molecule has 1 N–H and O–H groups in total. The van der Waals surface area contributed by atoms with Gasteiger partial charge in [0.25, 0.3) is 5.56 Å². The van der Waals surface area contributed by atoms with Crippen LogP contribution >= 0.6 is 0 Å². The molecule has 1 heterocycles. The summed E-state index contributed by atoms with van der Waals surface area (Å²) in [5.74, 6) is 0.528. The maximum atomic E-state index is 12.6. The summed E-state index contributed by atoms with van der Waals surface area (Å²) in [7, 11) is 0. The van der Waals surface area contributed by atoms with Gasteiger partial charge in [0.05, 0.1) is 6.61 Å². The second kappa shape index (κ2) is 5.95. The minimum atomic E-state index is 0.00836. The molecule has 0 aromatic carbocycles. The first-order chi connectivity index (χ1) is 9.81. The number of aromatic nitrogens is 2. The van der Waals surface area contributed by atoms with E-state index in [0.717, 1.165) is 25.7 Å². The number of aliphatic hydroxyl groups is 1. The van der Waals surface area contributed by atoms with Crippen LogP contribution < -0.4 is 10.5 Å². The molecule has 0 bridgehead atoms. The molecule has 0 unspecified atom stereocenters. The van der Waals surface area contributed by atoms with Crippen molar-refractivity contribution >= 4 is 5.82 Å². The Labute approximate surface area is 119 Å². The monoisotopic (exact) mass is 277 g/mol. The van der Waals surface area contributed by atoms with Gasteiger partial charge in [0, 0.05) is 31.0 Å². The van der Waals surface area contributed by atoms with Gasteiger partial charge in [-0.05, 0) is 25.7 Å². The highest BCUT2D eigenvalue weighted by Crippen LogP contribution is 2.33. The lowest BCUT2D eigenvalue weighted by atomic mass is 9.94. The SMILES string of the molecule is O=c1c(N(CCO)C2CCCCC2)nccn1C1CC1. The summed E-state index contributed by atoms with van der Waals surface area (Å²) in [6.07, 6.45) is 11.6. The van der Waals surface area contributed by atoms with Crippen molar-refractivity contribution < 1.29 is 5.11 Å². The third-order valence-electron chi connectivity index (χ3n) is 4.42. The molecule has 20 heavy (non-hydrogen) atoms. The number of anilines is 1. The second-order valence-electron chi connectivity index (χ2n) is 5.90. The molecule has 0 saturated heterocycles. The van der Waals surface area contributed by atoms with E-state index in [1.165, 1.54) is 19.3 Å². The molecular weight excluding hydrogens is 254 g/mol. The van der Waals surface area contributed by atoms with Crippen molar-refractivity contribution in [1.82, 2.24) is 9.55 Å². The smallest absolute Gasteiger partial charge is 0.293 e. The Morgan fingerprint density at radius 2 is 2.00 bits per heavy atom. The molecule has 0 radical (unpaired) electrons. The van der Waals surface area contributed by atoms with Gasteiger partial charge in [0.2, 0.25) is 0 Å². The van der Waals surface area contributed by atoms with Crippen LogP contribution in [0.3, 0.4) is 0 Å². The maximum Gasteiger partial charge on any atom is 0.293 e. The maximum absolute atomic E-state index is 12.6. The summed E-state index contributed by atoms with van der Waals surface area (Å²) in [6.45, 7) is 0.567. The van der Waals surface area contributed by atoms with E-state index in [4.69, 9.17) is 0 Å². The molecule has 5 nitrogen and oxygen atoms in total. The average Bonchev–Trinajstić information content (AvgIpc) is 3.31. The van der Waals surface area contributed by atoms with E-state index in [2.05, 4.69) is 4.98 Å². The van der Waals surface area contributed by atoms with Crippen LogP contribution in [-0.2, 0) is 0 Å². The molecule has 0 aliphatic heterocycles. The summed E-state index contributed by atoms with van der Waals surface area (Å²) >= 11 is 0. The van der Waals surface area contributed by atoms with Gasteiger partial charge in [-0.3, -0.25) is 4.79 Å². The molecular formula is C15H23N3O2. The van der Waals surface area contributed by atoms with Gasteiger partial charge >= 0.3 is 0 Å². The minimum Gasteiger partial charge on any atom is -0.395 e. The molecule has 2 aliphatic carbocycles. The van der Waals surface area contributed by atoms with Gasteiger partial charge in [-0.25, -0.2) is 4.98 Å². The first-order valence-electron chi connectivity index (χ1n) is 7.76. The lowest BCUT2D eigenvalue weighted by molar-refractivity contribution is 0.289. The number of aliphatic hydroxyl groups excluding tert-OH is 1. The normalized spacial score (nSPS) is 20.1. The Kier molecular flexibility index (Phi) is 4.05. The van der Waals surface area contributed by atoms with Crippen molar-refractivity contribution in [2.24, 2.45) is 0 Å². The van der Waals surface area contributed by atoms with Crippen LogP contribution in [0, 0.1) is 0 Å². The number of rotatable bonds is 5. The van der Waals surface area contributed by atoms with Crippen molar-refractivity contribution in [3.63, 3.8) is 0 Å². The second-order valence-corrected chi connectivity index (χ2v) is 5.90. The Morgan fingerprint density at radius 1 is 1.25 bits per heavy atom. The minimum absolute atomic E-state index is 0.00836. The quantitative estimate of drug-likeness (QED) is 0.890. The van der Waals surface area contributed by atoms with Crippen molar-refractivity contribution in [2.75, 3.05) is 18.1 Å². The summed E-state index contributed by atoms with van der Waals surface area (Å²) in [4.78, 5) is 19.0. The Morgan fingerprint density at radius 3 is 2.65 bits per heavy atom. The molecule has 1 aromatic heterocycles. The fourth-order valence-corrected chi connectivity index (χ4v) is 3.21. The molecule has 110 valence electrons. The zero-order valence-electron chi connectivity index (χ0n) is 11.9. The van der Waals surface area contributed by atoms with Crippen molar-refractivity contribution in [2.45, 2.75) is 57.0 Å². The van der Waals surface area contributed by atoms with Crippen LogP contribution in [-0.4, -0.2) is 33.9 Å². The fraction of sp³-hybridized carbons (Fsp3) is 0.733. The van der Waals surface area contributed by atoms with Gasteiger partial charge in [-0.2, -0.15) is 0 Å². The van der Waals surface area contributed by atoms with E-state index in [0.29, 0.717) is 24.4 Å². The highest BCUT2D eigenvalue weighted by atomic mass is 16.3. The van der Waals surface area contributed by atoms with Gasteiger partial charge in [0.1, 0.15) is 0 Å². The predicted octanol–water partition coefficient (Wildman–Crippen LogP) is 1.71. The van der Waals surface area contributed by atoms with E-state index in [9.17, 15) is 9.90 Å². The first-order valence-corrected chi connectivity index (χ1v) is 7.76. The average molecular weight is 277 g/mol. The van der Waals surface area contributed by atoms with E-state index >= 15 is 0 Å². The Hall–Kier alpha value is -1.36. The van der Waals surface area contributed by atoms with Crippen molar-refractivity contribution in [3.05, 3.63) is 22.7 Å². The third kappa shape index (κ3) is 2.73. The zero-order chi connectivity index (χ0) is 13.9. The van der Waals surface area contributed by atoms with Crippen molar-refractivity contribution in [3.8, 4) is 0 Å². The van der Waals surface area contributed by atoms with Gasteiger partial charge in [-0.1, -0.05) is 19.3 Å². The van der Waals surface area contributed by atoms with E-state index < -0.39 is 0 Å². The Balaban J connectivity index is 1.90. The lowest BCUT2D eigenvalue weighted by Crippen LogP contribution is -2.43. The van der Waals surface area contributed by atoms with E-state index in [-0.39, 0.29) is 12.2 Å². The number of hydrogen-bond acceptors (Lipinski definition) is 4. The summed E-state index contributed by atoms with van der Waals surface area (Å²) in [6, 6.07) is 0.720. The third-order valence-corrected chi connectivity index (χ3v) is 4.42. The van der Waals surface area contributed by atoms with Crippen LogP contribution in [0.2, 0.25) is 0 Å². The molecule has 5 heteroatoms. The van der Waals surface area contributed by atoms with Crippen molar-refractivity contribution in [1.29, 1.82) is 0 Å². The molecule has 0 spiro atoms. The lowest BCUT2D eigenvalue weighted by Gasteiger charge is -2.34. The molecule has 0 amide bonds. The first kappa shape index (κ1) is 13.6. The highest BCUT2D eigenvalue weighted by Gasteiger charge is 2.28. The topological polar surface area (TPSA) is 58.4 Å². The largest absolute Gasteiger partial charge is 0.395 e. The van der Waals surface area contributed by atoms with E-state index in [1.54, 1.807) is 12.4 Å². The standard InChI is InChI=1S/C15H23N3O2/c19-11-10-17(12-4-2-1-3-5-12)14-15(20)18(9-8-16-14)13-6-7-13/h8-9,12-13,19H,1-7,10-11H2. The number of nitrogens with zero attached hydrogens (tertiary/aromatic N) is 3. The van der Waals surface area contributed by atoms with Gasteiger partial charge in [-0.15, -0.1) is 0 Å². The van der Waals surface area contributed by atoms with Gasteiger partial charge in [0.15, 0.2) is 5.82 Å². The van der Waals surface area contributed by atoms with Crippen LogP contribution in [0.15, 0.2) is 17.2 Å². The fourth-order valence-electron chi connectivity index (χ4n) is 3.21. The number of hydrogen-bond donors (Lipinski definition) is 1. The molecule has 2 fully saturated rings. The Bertz CT molecular complexity index is 504. The molecule has 3 rings (SSSR count). The summed E-state index contributed by atoms with van der Waals surface area (Å²) in [5, 5.41) is 9.33. The predicted molar refractivity (Wildman–Crippen MR) is 78.1 cm³/mol. The molecule has 2 saturated carbocycles. The van der Waals surface area contributed by atoms with Crippen LogP contribution in [0.1, 0.15) is 51.0 Å². The molecule has 0 atom stereocenters. The van der Waals surface area contributed by atoms with Crippen LogP contribution in [0.4, 0.5) is 5.82 Å². The van der Waals surface area contributed by atoms with E-state index in [1.807, 2.05) is 9.47 Å².